The van der Waals surface area contributed by atoms with E-state index >= 15 is 0 Å². The van der Waals surface area contributed by atoms with Crippen LogP contribution in [0.5, 0.6) is 0 Å². The van der Waals surface area contributed by atoms with Gasteiger partial charge < -0.3 is 14.6 Å². The van der Waals surface area contributed by atoms with Crippen LogP contribution >= 0.6 is 15.9 Å². The first-order valence-electron chi connectivity index (χ1n) is 7.09. The highest BCUT2D eigenvalue weighted by molar-refractivity contribution is 9.10. The summed E-state index contributed by atoms with van der Waals surface area (Å²) in [5, 5.41) is 3.45. The average molecular weight is 352 g/mol. The first-order chi connectivity index (χ1) is 9.97. The van der Waals surface area contributed by atoms with Crippen molar-refractivity contribution in [2.45, 2.75) is 39.9 Å². The SMILES string of the molecule is Cc1occc1CN(C)c1ncc(Br)cc1CNC(C)C. The third-order valence-electron chi connectivity index (χ3n) is 3.35. The number of rotatable bonds is 6. The molecule has 0 aliphatic heterocycles. The van der Waals surface area contributed by atoms with E-state index in [2.05, 4.69) is 58.1 Å². The molecule has 0 spiro atoms. The van der Waals surface area contributed by atoms with E-state index < -0.39 is 0 Å². The van der Waals surface area contributed by atoms with E-state index in [4.69, 9.17) is 4.42 Å². The Morgan fingerprint density at radius 1 is 1.38 bits per heavy atom. The van der Waals surface area contributed by atoms with Gasteiger partial charge in [0.1, 0.15) is 11.6 Å². The summed E-state index contributed by atoms with van der Waals surface area (Å²) in [6, 6.07) is 4.57. The van der Waals surface area contributed by atoms with Gasteiger partial charge in [-0.3, -0.25) is 0 Å². The molecule has 0 saturated heterocycles. The van der Waals surface area contributed by atoms with Crippen LogP contribution in [0.15, 0.2) is 33.5 Å². The quantitative estimate of drug-likeness (QED) is 0.857. The lowest BCUT2D eigenvalue weighted by molar-refractivity contribution is 0.529. The Hall–Kier alpha value is -1.33. The van der Waals surface area contributed by atoms with Crippen LogP contribution < -0.4 is 10.2 Å². The van der Waals surface area contributed by atoms with E-state index in [0.717, 1.165) is 29.1 Å². The summed E-state index contributed by atoms with van der Waals surface area (Å²) >= 11 is 3.50. The second kappa shape index (κ2) is 7.09. The van der Waals surface area contributed by atoms with Crippen molar-refractivity contribution in [2.75, 3.05) is 11.9 Å². The molecule has 1 N–H and O–H groups in total. The normalized spacial score (nSPS) is 11.1. The summed E-state index contributed by atoms with van der Waals surface area (Å²) in [6.07, 6.45) is 3.57. The van der Waals surface area contributed by atoms with Crippen LogP contribution in [0.25, 0.3) is 0 Å². The van der Waals surface area contributed by atoms with Crippen LogP contribution in [-0.4, -0.2) is 18.1 Å². The van der Waals surface area contributed by atoms with Gasteiger partial charge in [-0.05, 0) is 35.0 Å². The van der Waals surface area contributed by atoms with Gasteiger partial charge in [0.05, 0.1) is 6.26 Å². The maximum atomic E-state index is 5.36. The zero-order valence-corrected chi connectivity index (χ0v) is 14.6. The molecule has 0 atom stereocenters. The number of aryl methyl sites for hydroxylation is 1. The number of nitrogens with zero attached hydrogens (tertiary/aromatic N) is 2. The van der Waals surface area contributed by atoms with E-state index in [-0.39, 0.29) is 0 Å². The monoisotopic (exact) mass is 351 g/mol. The second-order valence-electron chi connectivity index (χ2n) is 5.53. The van der Waals surface area contributed by atoms with Crippen LogP contribution in [0.1, 0.15) is 30.7 Å². The van der Waals surface area contributed by atoms with Crippen molar-refractivity contribution in [3.63, 3.8) is 0 Å². The number of anilines is 1. The Labute approximate surface area is 134 Å². The predicted molar refractivity (Wildman–Crippen MR) is 89.5 cm³/mol. The minimum Gasteiger partial charge on any atom is -0.469 e. The molecule has 0 aliphatic rings. The zero-order chi connectivity index (χ0) is 15.4. The highest BCUT2D eigenvalue weighted by Crippen LogP contribution is 2.23. The lowest BCUT2D eigenvalue weighted by Gasteiger charge is -2.22. The predicted octanol–water partition coefficient (Wildman–Crippen LogP) is 3.88. The molecule has 0 aliphatic carbocycles. The molecule has 2 heterocycles. The molecule has 0 aromatic carbocycles. The first-order valence-corrected chi connectivity index (χ1v) is 7.88. The van der Waals surface area contributed by atoms with E-state index in [1.165, 1.54) is 11.1 Å². The van der Waals surface area contributed by atoms with Crippen LogP contribution in [-0.2, 0) is 13.1 Å². The standard InChI is InChI=1S/C16H22BrN3O/c1-11(2)18-8-14-7-15(17)9-19-16(14)20(4)10-13-5-6-21-12(13)3/h5-7,9,11,18H,8,10H2,1-4H3. The Balaban J connectivity index is 2.19. The highest BCUT2D eigenvalue weighted by Gasteiger charge is 2.12. The molecule has 2 aromatic rings. The molecule has 0 amide bonds. The van der Waals surface area contributed by atoms with Crippen molar-refractivity contribution in [3.8, 4) is 0 Å². The van der Waals surface area contributed by atoms with Crippen LogP contribution in [0, 0.1) is 6.92 Å². The number of hydrogen-bond donors (Lipinski definition) is 1. The minimum absolute atomic E-state index is 0.443. The van der Waals surface area contributed by atoms with Crippen LogP contribution in [0.3, 0.4) is 0 Å². The Morgan fingerprint density at radius 3 is 2.76 bits per heavy atom. The minimum atomic E-state index is 0.443. The maximum Gasteiger partial charge on any atom is 0.133 e. The van der Waals surface area contributed by atoms with Gasteiger partial charge in [-0.2, -0.15) is 0 Å². The molecule has 0 fully saturated rings. The third kappa shape index (κ3) is 4.32. The van der Waals surface area contributed by atoms with Gasteiger partial charge in [-0.1, -0.05) is 13.8 Å². The van der Waals surface area contributed by atoms with Gasteiger partial charge in [-0.25, -0.2) is 4.98 Å². The molecular weight excluding hydrogens is 330 g/mol. The summed E-state index contributed by atoms with van der Waals surface area (Å²) in [4.78, 5) is 6.73. The van der Waals surface area contributed by atoms with Crippen LogP contribution in [0.4, 0.5) is 5.82 Å². The molecule has 0 saturated carbocycles. The molecule has 0 radical (unpaired) electrons. The van der Waals surface area contributed by atoms with Gasteiger partial charge in [0.2, 0.25) is 0 Å². The number of halogens is 1. The number of aromatic nitrogens is 1. The van der Waals surface area contributed by atoms with Crippen molar-refractivity contribution in [3.05, 3.63) is 46.0 Å². The molecular formula is C16H22BrN3O. The van der Waals surface area contributed by atoms with Crippen molar-refractivity contribution < 1.29 is 4.42 Å². The summed E-state index contributed by atoms with van der Waals surface area (Å²) in [5.74, 6) is 1.95. The van der Waals surface area contributed by atoms with E-state index in [1.54, 1.807) is 6.26 Å². The topological polar surface area (TPSA) is 41.3 Å². The van der Waals surface area contributed by atoms with Gasteiger partial charge in [-0.15, -0.1) is 0 Å². The van der Waals surface area contributed by atoms with E-state index in [0.29, 0.717) is 6.04 Å². The van der Waals surface area contributed by atoms with Crippen molar-refractivity contribution >= 4 is 21.7 Å². The van der Waals surface area contributed by atoms with E-state index in [9.17, 15) is 0 Å². The molecule has 2 aromatic heterocycles. The lowest BCUT2D eigenvalue weighted by atomic mass is 10.2. The molecule has 114 valence electrons. The number of hydrogen-bond acceptors (Lipinski definition) is 4. The van der Waals surface area contributed by atoms with Gasteiger partial charge >= 0.3 is 0 Å². The molecule has 2 rings (SSSR count). The van der Waals surface area contributed by atoms with Gasteiger partial charge in [0, 0.05) is 48.0 Å². The first kappa shape index (κ1) is 16.0. The fraction of sp³-hybridized carbons (Fsp3) is 0.438. The molecule has 0 bridgehead atoms. The number of nitrogens with one attached hydrogen (secondary N) is 1. The zero-order valence-electron chi connectivity index (χ0n) is 13.0. The average Bonchev–Trinajstić information content (AvgIpc) is 2.82. The second-order valence-corrected chi connectivity index (χ2v) is 6.45. The van der Waals surface area contributed by atoms with Gasteiger partial charge in [0.25, 0.3) is 0 Å². The fourth-order valence-corrected chi connectivity index (χ4v) is 2.55. The number of pyridine rings is 1. The molecule has 0 unspecified atom stereocenters. The van der Waals surface area contributed by atoms with Crippen molar-refractivity contribution in [1.82, 2.24) is 10.3 Å². The Bertz CT molecular complexity index is 595. The summed E-state index contributed by atoms with van der Waals surface area (Å²) in [7, 11) is 2.06. The molecule has 5 heteroatoms. The maximum absolute atomic E-state index is 5.36. The Kier molecular flexibility index (Phi) is 5.42. The number of furan rings is 1. The van der Waals surface area contributed by atoms with E-state index in [1.807, 2.05) is 19.2 Å². The fourth-order valence-electron chi connectivity index (χ4n) is 2.17. The van der Waals surface area contributed by atoms with Crippen molar-refractivity contribution in [2.24, 2.45) is 0 Å². The summed E-state index contributed by atoms with van der Waals surface area (Å²) in [6.45, 7) is 7.85. The third-order valence-corrected chi connectivity index (χ3v) is 3.78. The largest absolute Gasteiger partial charge is 0.469 e. The summed E-state index contributed by atoms with van der Waals surface area (Å²) < 4.78 is 6.36. The van der Waals surface area contributed by atoms with Gasteiger partial charge in [0.15, 0.2) is 0 Å². The molecule has 21 heavy (non-hydrogen) atoms. The van der Waals surface area contributed by atoms with Crippen molar-refractivity contribution in [1.29, 1.82) is 0 Å². The Morgan fingerprint density at radius 2 is 2.14 bits per heavy atom. The highest BCUT2D eigenvalue weighted by atomic mass is 79.9. The summed E-state index contributed by atoms with van der Waals surface area (Å²) in [5.41, 5.74) is 2.37. The smallest absolute Gasteiger partial charge is 0.133 e. The lowest BCUT2D eigenvalue weighted by Crippen LogP contribution is -2.25. The van der Waals surface area contributed by atoms with Crippen LogP contribution in [0.2, 0.25) is 0 Å². The molecule has 4 nitrogen and oxygen atoms in total.